The molecule has 0 radical (unpaired) electrons. The molecule has 0 aromatic heterocycles. The molecule has 1 N–H and O–H groups in total. The van der Waals surface area contributed by atoms with Crippen LogP contribution >= 0.6 is 0 Å². The summed E-state index contributed by atoms with van der Waals surface area (Å²) in [6.45, 7) is 5.00. The molecule has 2 aliphatic rings. The molecule has 0 unspecified atom stereocenters. The van der Waals surface area contributed by atoms with Crippen molar-refractivity contribution in [1.29, 1.82) is 0 Å². The SMILES string of the molecule is c1ccc(CCN(CC2CCCC2)C2CCNCC2)cc1. The van der Waals surface area contributed by atoms with Crippen molar-refractivity contribution < 1.29 is 0 Å². The molecule has 1 heterocycles. The molecule has 1 aromatic rings. The van der Waals surface area contributed by atoms with Gasteiger partial charge in [0.1, 0.15) is 0 Å². The Morgan fingerprint density at radius 1 is 0.952 bits per heavy atom. The van der Waals surface area contributed by atoms with Crippen LogP contribution in [0, 0.1) is 5.92 Å². The zero-order chi connectivity index (χ0) is 14.3. The second-order valence-electron chi connectivity index (χ2n) is 6.86. The van der Waals surface area contributed by atoms with Crippen LogP contribution in [0.5, 0.6) is 0 Å². The first-order valence-corrected chi connectivity index (χ1v) is 8.90. The van der Waals surface area contributed by atoms with E-state index < -0.39 is 0 Å². The van der Waals surface area contributed by atoms with Gasteiger partial charge in [-0.3, -0.25) is 4.90 Å². The summed E-state index contributed by atoms with van der Waals surface area (Å²) in [5, 5.41) is 3.51. The molecular weight excluding hydrogens is 256 g/mol. The predicted octanol–water partition coefficient (Wildman–Crippen LogP) is 3.47. The molecule has 0 spiro atoms. The van der Waals surface area contributed by atoms with Crippen LogP contribution in [-0.4, -0.2) is 37.1 Å². The third-order valence-electron chi connectivity index (χ3n) is 5.32. The Morgan fingerprint density at radius 3 is 2.38 bits per heavy atom. The maximum absolute atomic E-state index is 3.51. The van der Waals surface area contributed by atoms with Gasteiger partial charge in [-0.25, -0.2) is 0 Å². The molecule has 21 heavy (non-hydrogen) atoms. The fraction of sp³-hybridized carbons (Fsp3) is 0.684. The predicted molar refractivity (Wildman–Crippen MR) is 89.6 cm³/mol. The summed E-state index contributed by atoms with van der Waals surface area (Å²) in [5.74, 6) is 0.968. The van der Waals surface area contributed by atoms with Crippen LogP contribution in [0.2, 0.25) is 0 Å². The van der Waals surface area contributed by atoms with Gasteiger partial charge in [-0.05, 0) is 56.7 Å². The number of hydrogen-bond acceptors (Lipinski definition) is 2. The third-order valence-corrected chi connectivity index (χ3v) is 5.32. The van der Waals surface area contributed by atoms with E-state index in [9.17, 15) is 0 Å². The quantitative estimate of drug-likeness (QED) is 0.861. The summed E-state index contributed by atoms with van der Waals surface area (Å²) >= 11 is 0. The second kappa shape index (κ2) is 7.95. The van der Waals surface area contributed by atoms with Gasteiger partial charge in [-0.15, -0.1) is 0 Å². The monoisotopic (exact) mass is 286 g/mol. The summed E-state index contributed by atoms with van der Waals surface area (Å²) in [6, 6.07) is 11.8. The number of rotatable bonds is 6. The first kappa shape index (κ1) is 15.1. The lowest BCUT2D eigenvalue weighted by atomic mass is 10.00. The van der Waals surface area contributed by atoms with Crippen molar-refractivity contribution in [2.45, 2.75) is 51.0 Å². The van der Waals surface area contributed by atoms with Gasteiger partial charge in [-0.1, -0.05) is 43.2 Å². The first-order chi connectivity index (χ1) is 10.4. The first-order valence-electron chi connectivity index (χ1n) is 8.90. The smallest absolute Gasteiger partial charge is 0.0120 e. The van der Waals surface area contributed by atoms with Crippen molar-refractivity contribution in [1.82, 2.24) is 10.2 Å². The molecule has 3 rings (SSSR count). The zero-order valence-electron chi connectivity index (χ0n) is 13.3. The molecule has 0 bridgehead atoms. The number of benzene rings is 1. The average molecular weight is 286 g/mol. The maximum atomic E-state index is 3.51. The highest BCUT2D eigenvalue weighted by Crippen LogP contribution is 2.27. The van der Waals surface area contributed by atoms with Crippen LogP contribution in [0.4, 0.5) is 0 Å². The van der Waals surface area contributed by atoms with E-state index in [1.165, 1.54) is 76.7 Å². The highest BCUT2D eigenvalue weighted by atomic mass is 15.2. The van der Waals surface area contributed by atoms with Gasteiger partial charge < -0.3 is 5.32 Å². The van der Waals surface area contributed by atoms with E-state index in [1.807, 2.05) is 0 Å². The van der Waals surface area contributed by atoms with Crippen LogP contribution in [0.1, 0.15) is 44.1 Å². The third kappa shape index (κ3) is 4.55. The van der Waals surface area contributed by atoms with Crippen molar-refractivity contribution in [3.05, 3.63) is 35.9 Å². The number of hydrogen-bond donors (Lipinski definition) is 1. The summed E-state index contributed by atoms with van der Waals surface area (Å²) < 4.78 is 0. The highest BCUT2D eigenvalue weighted by Gasteiger charge is 2.25. The summed E-state index contributed by atoms with van der Waals surface area (Å²) in [6.07, 6.45) is 9.73. The molecule has 1 saturated heterocycles. The topological polar surface area (TPSA) is 15.3 Å². The fourth-order valence-corrected chi connectivity index (χ4v) is 4.04. The van der Waals surface area contributed by atoms with Crippen molar-refractivity contribution in [2.75, 3.05) is 26.2 Å². The highest BCUT2D eigenvalue weighted by molar-refractivity contribution is 5.14. The maximum Gasteiger partial charge on any atom is 0.0120 e. The molecule has 1 aliphatic heterocycles. The summed E-state index contributed by atoms with van der Waals surface area (Å²) in [4.78, 5) is 2.82. The molecular formula is C19H30N2. The Bertz CT molecular complexity index is 391. The number of piperidine rings is 1. The molecule has 1 aromatic carbocycles. The van der Waals surface area contributed by atoms with Crippen molar-refractivity contribution in [3.63, 3.8) is 0 Å². The Balaban J connectivity index is 1.57. The summed E-state index contributed by atoms with van der Waals surface area (Å²) in [5.41, 5.74) is 1.49. The van der Waals surface area contributed by atoms with E-state index in [0.717, 1.165) is 12.0 Å². The van der Waals surface area contributed by atoms with E-state index in [-0.39, 0.29) is 0 Å². The van der Waals surface area contributed by atoms with Crippen molar-refractivity contribution in [2.24, 2.45) is 5.92 Å². The molecule has 2 fully saturated rings. The molecule has 1 saturated carbocycles. The van der Waals surface area contributed by atoms with E-state index in [4.69, 9.17) is 0 Å². The molecule has 1 aliphatic carbocycles. The van der Waals surface area contributed by atoms with Crippen molar-refractivity contribution in [3.8, 4) is 0 Å². The van der Waals surface area contributed by atoms with E-state index >= 15 is 0 Å². The molecule has 0 amide bonds. The average Bonchev–Trinajstić information content (AvgIpc) is 3.06. The van der Waals surface area contributed by atoms with Gasteiger partial charge in [0, 0.05) is 19.1 Å². The standard InChI is InChI=1S/C19H30N2/c1-2-6-17(7-3-1)12-15-21(16-18-8-4-5-9-18)19-10-13-20-14-11-19/h1-3,6-7,18-20H,4-5,8-16H2. The van der Waals surface area contributed by atoms with Crippen LogP contribution in [-0.2, 0) is 6.42 Å². The van der Waals surface area contributed by atoms with Crippen LogP contribution in [0.25, 0.3) is 0 Å². The van der Waals surface area contributed by atoms with Gasteiger partial charge in [0.05, 0.1) is 0 Å². The minimum Gasteiger partial charge on any atom is -0.317 e. The zero-order valence-corrected chi connectivity index (χ0v) is 13.3. The van der Waals surface area contributed by atoms with Gasteiger partial charge in [0.15, 0.2) is 0 Å². The molecule has 2 nitrogen and oxygen atoms in total. The number of nitrogens with zero attached hydrogens (tertiary/aromatic N) is 1. The molecule has 2 heteroatoms. The minimum atomic E-state index is 0.815. The van der Waals surface area contributed by atoms with E-state index in [0.29, 0.717) is 0 Å². The van der Waals surface area contributed by atoms with Crippen LogP contribution in [0.3, 0.4) is 0 Å². The Kier molecular flexibility index (Phi) is 5.70. The lowest BCUT2D eigenvalue weighted by molar-refractivity contribution is 0.140. The molecule has 0 atom stereocenters. The lowest BCUT2D eigenvalue weighted by Gasteiger charge is -2.36. The normalized spacial score (nSPS) is 21.2. The Labute approximate surface area is 129 Å². The van der Waals surface area contributed by atoms with E-state index in [1.54, 1.807) is 0 Å². The van der Waals surface area contributed by atoms with Crippen LogP contribution < -0.4 is 5.32 Å². The van der Waals surface area contributed by atoms with Gasteiger partial charge >= 0.3 is 0 Å². The Hall–Kier alpha value is -0.860. The second-order valence-corrected chi connectivity index (χ2v) is 6.86. The number of nitrogens with one attached hydrogen (secondary N) is 1. The van der Waals surface area contributed by atoms with Gasteiger partial charge in [0.25, 0.3) is 0 Å². The van der Waals surface area contributed by atoms with E-state index in [2.05, 4.69) is 40.5 Å². The van der Waals surface area contributed by atoms with Crippen molar-refractivity contribution >= 4 is 0 Å². The lowest BCUT2D eigenvalue weighted by Crippen LogP contribution is -2.45. The largest absolute Gasteiger partial charge is 0.317 e. The molecule has 116 valence electrons. The minimum absolute atomic E-state index is 0.815. The fourth-order valence-electron chi connectivity index (χ4n) is 4.04. The Morgan fingerprint density at radius 2 is 1.67 bits per heavy atom. The van der Waals surface area contributed by atoms with Crippen LogP contribution in [0.15, 0.2) is 30.3 Å². The van der Waals surface area contributed by atoms with Gasteiger partial charge in [-0.2, -0.15) is 0 Å². The van der Waals surface area contributed by atoms with Gasteiger partial charge in [0.2, 0.25) is 0 Å². The summed E-state index contributed by atoms with van der Waals surface area (Å²) in [7, 11) is 0.